The summed E-state index contributed by atoms with van der Waals surface area (Å²) in [4.78, 5) is 12.3. The molecule has 1 saturated heterocycles. The first-order valence-corrected chi connectivity index (χ1v) is 10.6. The Balaban J connectivity index is 1.66. The van der Waals surface area contributed by atoms with Gasteiger partial charge in [0.25, 0.3) is 10.2 Å². The minimum Gasteiger partial charge on any atom is -0.324 e. The molecular weight excluding hydrogens is 428 g/mol. The van der Waals surface area contributed by atoms with Crippen LogP contribution in [0.5, 0.6) is 0 Å². The van der Waals surface area contributed by atoms with Crippen LogP contribution in [-0.4, -0.2) is 42.6 Å². The molecule has 1 aliphatic rings. The Morgan fingerprint density at radius 2 is 1.82 bits per heavy atom. The molecule has 1 amide bonds. The molecule has 2 aromatic carbocycles. The average Bonchev–Trinajstić information content (AvgIpc) is 2.87. The number of nitrogens with zero attached hydrogens (tertiary/aromatic N) is 2. The minimum atomic E-state index is -3.84. The van der Waals surface area contributed by atoms with Crippen molar-refractivity contribution in [2.45, 2.75) is 13.5 Å². The normalized spacial score (nSPS) is 17.0. The number of carbonyl (C=O) groups is 1. The van der Waals surface area contributed by atoms with Gasteiger partial charge in [-0.25, -0.2) is 4.39 Å². The molecule has 1 N–H and O–H groups in total. The molecule has 3 rings (SSSR count). The summed E-state index contributed by atoms with van der Waals surface area (Å²) >= 11 is 12.1. The van der Waals surface area contributed by atoms with Gasteiger partial charge in [-0.05, 0) is 42.3 Å². The van der Waals surface area contributed by atoms with E-state index in [1.165, 1.54) is 16.4 Å². The summed E-state index contributed by atoms with van der Waals surface area (Å²) < 4.78 is 40.9. The lowest BCUT2D eigenvalue weighted by atomic mass is 10.2. The van der Waals surface area contributed by atoms with Crippen LogP contribution in [0.2, 0.25) is 10.0 Å². The third kappa shape index (κ3) is 4.64. The molecule has 2 aromatic rings. The van der Waals surface area contributed by atoms with Gasteiger partial charge in [-0.2, -0.15) is 17.0 Å². The Labute approximate surface area is 173 Å². The summed E-state index contributed by atoms with van der Waals surface area (Å²) in [5, 5.41) is 3.16. The van der Waals surface area contributed by atoms with Crippen LogP contribution in [0, 0.1) is 12.7 Å². The molecule has 0 radical (unpaired) electrons. The van der Waals surface area contributed by atoms with E-state index in [0.717, 1.165) is 15.9 Å². The maximum Gasteiger partial charge on any atom is 0.282 e. The van der Waals surface area contributed by atoms with E-state index in [1.54, 1.807) is 18.2 Å². The molecule has 0 saturated carbocycles. The van der Waals surface area contributed by atoms with Crippen molar-refractivity contribution < 1.29 is 17.6 Å². The van der Waals surface area contributed by atoms with E-state index >= 15 is 0 Å². The quantitative estimate of drug-likeness (QED) is 0.765. The molecule has 10 heteroatoms. The molecule has 0 aromatic heterocycles. The van der Waals surface area contributed by atoms with Crippen molar-refractivity contribution in [2.75, 3.05) is 25.0 Å². The van der Waals surface area contributed by atoms with Crippen molar-refractivity contribution in [1.82, 2.24) is 8.61 Å². The second kappa shape index (κ2) is 8.34. The topological polar surface area (TPSA) is 69.7 Å². The second-order valence-electron chi connectivity index (χ2n) is 6.44. The second-order valence-corrected chi connectivity index (χ2v) is 9.18. The van der Waals surface area contributed by atoms with E-state index in [0.29, 0.717) is 16.3 Å². The van der Waals surface area contributed by atoms with Crippen molar-refractivity contribution in [3.63, 3.8) is 0 Å². The fourth-order valence-electron chi connectivity index (χ4n) is 2.85. The first-order valence-electron chi connectivity index (χ1n) is 8.42. The minimum absolute atomic E-state index is 0.00333. The number of anilines is 1. The maximum absolute atomic E-state index is 13.2. The Morgan fingerprint density at radius 3 is 2.50 bits per heavy atom. The third-order valence-electron chi connectivity index (χ3n) is 4.33. The van der Waals surface area contributed by atoms with Crippen LogP contribution in [0.4, 0.5) is 10.1 Å². The lowest BCUT2D eigenvalue weighted by molar-refractivity contribution is -0.116. The Hall–Kier alpha value is -1.71. The fourth-order valence-corrected chi connectivity index (χ4v) is 4.89. The van der Waals surface area contributed by atoms with E-state index < -0.39 is 21.9 Å². The van der Waals surface area contributed by atoms with Crippen molar-refractivity contribution in [2.24, 2.45) is 0 Å². The molecule has 6 nitrogen and oxygen atoms in total. The molecule has 150 valence electrons. The molecule has 1 fully saturated rings. The lowest BCUT2D eigenvalue weighted by Crippen LogP contribution is -2.37. The molecule has 1 heterocycles. The number of hydrogen-bond donors (Lipinski definition) is 1. The molecule has 0 unspecified atom stereocenters. The van der Waals surface area contributed by atoms with Gasteiger partial charge in [-0.15, -0.1) is 0 Å². The lowest BCUT2D eigenvalue weighted by Gasteiger charge is -2.19. The van der Waals surface area contributed by atoms with Crippen molar-refractivity contribution in [3.8, 4) is 0 Å². The van der Waals surface area contributed by atoms with E-state index in [-0.39, 0.29) is 31.2 Å². The standard InChI is InChI=1S/C18H18Cl2FN3O3S/c1-12-2-5-17(16(20)8-12)22-18(25)11-24-7-6-23(28(24,26)27)10-13-3-4-14(21)9-15(13)19/h2-5,8-9H,6-7,10-11H2,1H3,(H,22,25). The number of hydrogen-bond acceptors (Lipinski definition) is 3. The molecule has 0 spiro atoms. The van der Waals surface area contributed by atoms with E-state index in [9.17, 15) is 17.6 Å². The molecule has 1 aliphatic heterocycles. The summed E-state index contributed by atoms with van der Waals surface area (Å²) in [6.07, 6.45) is 0. The van der Waals surface area contributed by atoms with Gasteiger partial charge in [0.2, 0.25) is 5.91 Å². The van der Waals surface area contributed by atoms with Crippen molar-refractivity contribution >= 4 is 45.0 Å². The van der Waals surface area contributed by atoms with Crippen molar-refractivity contribution in [3.05, 3.63) is 63.4 Å². The summed E-state index contributed by atoms with van der Waals surface area (Å²) in [7, 11) is -3.84. The highest BCUT2D eigenvalue weighted by molar-refractivity contribution is 7.87. The number of nitrogens with one attached hydrogen (secondary N) is 1. The SMILES string of the molecule is Cc1ccc(NC(=O)CN2CCN(Cc3ccc(F)cc3Cl)S2(=O)=O)c(Cl)c1. The van der Waals surface area contributed by atoms with Crippen LogP contribution < -0.4 is 5.32 Å². The predicted molar refractivity (Wildman–Crippen MR) is 107 cm³/mol. The van der Waals surface area contributed by atoms with E-state index in [4.69, 9.17) is 23.2 Å². The van der Waals surface area contributed by atoms with Gasteiger partial charge in [0, 0.05) is 24.7 Å². The molecule has 0 bridgehead atoms. The van der Waals surface area contributed by atoms with E-state index in [1.807, 2.05) is 6.92 Å². The van der Waals surface area contributed by atoms with E-state index in [2.05, 4.69) is 5.32 Å². The zero-order chi connectivity index (χ0) is 20.5. The highest BCUT2D eigenvalue weighted by atomic mass is 35.5. The van der Waals surface area contributed by atoms with Crippen molar-refractivity contribution in [1.29, 1.82) is 0 Å². The fraction of sp³-hybridized carbons (Fsp3) is 0.278. The van der Waals surface area contributed by atoms with Gasteiger partial charge in [-0.3, -0.25) is 4.79 Å². The first-order chi connectivity index (χ1) is 13.2. The zero-order valence-corrected chi connectivity index (χ0v) is 17.3. The molecular formula is C18H18Cl2FN3O3S. The molecule has 0 atom stereocenters. The van der Waals surface area contributed by atoms with Crippen LogP contribution in [0.15, 0.2) is 36.4 Å². The monoisotopic (exact) mass is 445 g/mol. The van der Waals surface area contributed by atoms with Crippen LogP contribution in [0.1, 0.15) is 11.1 Å². The zero-order valence-electron chi connectivity index (χ0n) is 15.0. The van der Waals surface area contributed by atoms with Gasteiger partial charge >= 0.3 is 0 Å². The maximum atomic E-state index is 13.2. The average molecular weight is 446 g/mol. The van der Waals surface area contributed by atoms with Crippen LogP contribution in [0.3, 0.4) is 0 Å². The van der Waals surface area contributed by atoms with Crippen LogP contribution in [-0.2, 0) is 21.5 Å². The smallest absolute Gasteiger partial charge is 0.282 e. The molecule has 0 aliphatic carbocycles. The molecule has 28 heavy (non-hydrogen) atoms. The van der Waals surface area contributed by atoms with Gasteiger partial charge in [0.1, 0.15) is 5.82 Å². The summed E-state index contributed by atoms with van der Waals surface area (Å²) in [6, 6.07) is 8.97. The first kappa shape index (κ1) is 21.0. The largest absolute Gasteiger partial charge is 0.324 e. The predicted octanol–water partition coefficient (Wildman–Crippen LogP) is 3.44. The number of halogens is 3. The van der Waals surface area contributed by atoms with Gasteiger partial charge in [0.15, 0.2) is 0 Å². The third-order valence-corrected chi connectivity index (χ3v) is 6.92. The number of aryl methyl sites for hydroxylation is 1. The Bertz CT molecular complexity index is 1020. The van der Waals surface area contributed by atoms with Crippen LogP contribution in [0.25, 0.3) is 0 Å². The highest BCUT2D eigenvalue weighted by Gasteiger charge is 2.37. The Kier molecular flexibility index (Phi) is 6.26. The van der Waals surface area contributed by atoms with Gasteiger partial charge in [0.05, 0.1) is 17.3 Å². The number of rotatable bonds is 5. The van der Waals surface area contributed by atoms with Gasteiger partial charge in [-0.1, -0.05) is 35.3 Å². The van der Waals surface area contributed by atoms with Crippen LogP contribution >= 0.6 is 23.2 Å². The van der Waals surface area contributed by atoms with Gasteiger partial charge < -0.3 is 5.32 Å². The Morgan fingerprint density at radius 1 is 1.11 bits per heavy atom. The summed E-state index contributed by atoms with van der Waals surface area (Å²) in [5.41, 5.74) is 1.86. The number of benzene rings is 2. The highest BCUT2D eigenvalue weighted by Crippen LogP contribution is 2.25. The number of carbonyl (C=O) groups excluding carboxylic acids is 1. The number of amides is 1. The summed E-state index contributed by atoms with van der Waals surface area (Å²) in [5.74, 6) is -0.984. The summed E-state index contributed by atoms with van der Waals surface area (Å²) in [6.45, 7) is 1.91.